The fourth-order valence-electron chi connectivity index (χ4n) is 5.64. The Labute approximate surface area is 274 Å². The molecule has 10 nitrogen and oxygen atoms in total. The summed E-state index contributed by atoms with van der Waals surface area (Å²) in [7, 11) is -4.16. The smallest absolute Gasteiger partial charge is 0.410 e. The second-order valence-electron chi connectivity index (χ2n) is 12.4. The summed E-state index contributed by atoms with van der Waals surface area (Å²) in [6, 6.07) is 11.2. The maximum Gasteiger partial charge on any atom is 0.410 e. The molecule has 2 aliphatic heterocycles. The average Bonchev–Trinajstić information content (AvgIpc) is 3.48. The standard InChI is InChI=1S/C32H38Cl2N4O6S/c1-20-10-11-21-7-5-9-26(29(21)35-20)43-19-23-24(33)12-13-27(28(23)34)45(41,42)38-16-6-8-25(38)30(39)36-22-14-17-37(18-15-22)31(40)44-32(2,3)4/h5,7,9-13,22,25H,6,8,14-19H2,1-4H3,(H,36,39)/t25-/m0/s1. The zero-order valence-electron chi connectivity index (χ0n) is 25.8. The number of carbonyl (C=O) groups excluding carboxylic acids is 2. The maximum atomic E-state index is 14.0. The number of amides is 2. The van der Waals surface area contributed by atoms with E-state index in [0.717, 1.165) is 11.1 Å². The lowest BCUT2D eigenvalue weighted by atomic mass is 10.0. The second kappa shape index (κ2) is 13.3. The van der Waals surface area contributed by atoms with E-state index in [2.05, 4.69) is 10.3 Å². The number of aryl methyl sites for hydroxylation is 1. The first kappa shape index (κ1) is 33.2. The highest BCUT2D eigenvalue weighted by molar-refractivity contribution is 7.89. The predicted molar refractivity (Wildman–Crippen MR) is 173 cm³/mol. The molecule has 0 saturated carbocycles. The van der Waals surface area contributed by atoms with E-state index in [-0.39, 0.29) is 46.1 Å². The molecule has 0 radical (unpaired) electrons. The lowest BCUT2D eigenvalue weighted by molar-refractivity contribution is -0.125. The van der Waals surface area contributed by atoms with Crippen LogP contribution in [0, 0.1) is 6.92 Å². The number of benzene rings is 2. The number of ether oxygens (including phenoxy) is 2. The van der Waals surface area contributed by atoms with Crippen LogP contribution in [0.1, 0.15) is 57.7 Å². The van der Waals surface area contributed by atoms with Crippen molar-refractivity contribution in [2.75, 3.05) is 19.6 Å². The van der Waals surface area contributed by atoms with E-state index in [1.54, 1.807) is 11.0 Å². The van der Waals surface area contributed by atoms with Gasteiger partial charge in [0, 0.05) is 47.3 Å². The summed E-state index contributed by atoms with van der Waals surface area (Å²) in [5.41, 5.74) is 1.24. The molecule has 13 heteroatoms. The van der Waals surface area contributed by atoms with Gasteiger partial charge < -0.3 is 19.7 Å². The van der Waals surface area contributed by atoms with Gasteiger partial charge >= 0.3 is 6.09 Å². The lowest BCUT2D eigenvalue weighted by Gasteiger charge is -2.34. The second-order valence-corrected chi connectivity index (χ2v) is 15.1. The monoisotopic (exact) mass is 676 g/mol. The number of hydrogen-bond acceptors (Lipinski definition) is 7. The summed E-state index contributed by atoms with van der Waals surface area (Å²) in [6.07, 6.45) is 1.62. The zero-order chi connectivity index (χ0) is 32.5. The first-order valence-corrected chi connectivity index (χ1v) is 17.2. The van der Waals surface area contributed by atoms with E-state index in [1.165, 1.54) is 16.4 Å². The van der Waals surface area contributed by atoms with Gasteiger partial charge in [-0.3, -0.25) is 4.79 Å². The molecule has 0 spiro atoms. The van der Waals surface area contributed by atoms with E-state index in [9.17, 15) is 18.0 Å². The Bertz CT molecular complexity index is 1700. The van der Waals surface area contributed by atoms with E-state index >= 15 is 0 Å². The Balaban J connectivity index is 1.28. The molecule has 5 rings (SSSR count). The van der Waals surface area contributed by atoms with E-state index in [1.807, 2.05) is 52.0 Å². The number of nitrogens with zero attached hydrogens (tertiary/aromatic N) is 3. The Morgan fingerprint density at radius 1 is 1.02 bits per heavy atom. The van der Waals surface area contributed by atoms with Crippen LogP contribution >= 0.6 is 23.2 Å². The molecular weight excluding hydrogens is 639 g/mol. The van der Waals surface area contributed by atoms with Crippen LogP contribution in [0.2, 0.25) is 10.0 Å². The van der Waals surface area contributed by atoms with Gasteiger partial charge in [0.2, 0.25) is 15.9 Å². The minimum absolute atomic E-state index is 0.0487. The van der Waals surface area contributed by atoms with Crippen molar-refractivity contribution < 1.29 is 27.5 Å². The Hall–Kier alpha value is -3.12. The van der Waals surface area contributed by atoms with Crippen molar-refractivity contribution in [2.24, 2.45) is 0 Å². The summed E-state index contributed by atoms with van der Waals surface area (Å²) < 4.78 is 40.6. The molecule has 0 aliphatic carbocycles. The van der Waals surface area contributed by atoms with Gasteiger partial charge in [-0.1, -0.05) is 41.4 Å². The molecule has 1 atom stereocenters. The van der Waals surface area contributed by atoms with Gasteiger partial charge in [-0.2, -0.15) is 4.31 Å². The molecule has 2 aromatic carbocycles. The molecule has 0 bridgehead atoms. The summed E-state index contributed by atoms with van der Waals surface area (Å²) in [6.45, 7) is 8.31. The SMILES string of the molecule is Cc1ccc2cccc(OCc3c(Cl)ccc(S(=O)(=O)N4CCC[C@H]4C(=O)NC4CCN(C(=O)OC(C)(C)C)CC4)c3Cl)c2n1. The number of para-hydroxylation sites is 1. The Morgan fingerprint density at radius 3 is 2.47 bits per heavy atom. The minimum atomic E-state index is -4.16. The van der Waals surface area contributed by atoms with Crippen LogP contribution in [0.5, 0.6) is 5.75 Å². The number of carbonyl (C=O) groups is 2. The molecule has 2 amide bonds. The van der Waals surface area contributed by atoms with Crippen molar-refractivity contribution in [1.82, 2.24) is 19.5 Å². The van der Waals surface area contributed by atoms with Gasteiger partial charge in [0.25, 0.3) is 0 Å². The van der Waals surface area contributed by atoms with Crippen LogP contribution in [0.3, 0.4) is 0 Å². The zero-order valence-corrected chi connectivity index (χ0v) is 28.1. The molecule has 242 valence electrons. The van der Waals surface area contributed by atoms with Crippen LogP contribution in [0.4, 0.5) is 4.79 Å². The number of pyridine rings is 1. The number of aromatic nitrogens is 1. The molecule has 2 aliphatic rings. The molecule has 3 aromatic rings. The highest BCUT2D eigenvalue weighted by atomic mass is 35.5. The fraction of sp³-hybridized carbons (Fsp3) is 0.469. The van der Waals surface area contributed by atoms with Crippen LogP contribution in [-0.4, -0.2) is 71.9 Å². The highest BCUT2D eigenvalue weighted by Crippen LogP contribution is 2.36. The van der Waals surface area contributed by atoms with Gasteiger partial charge in [0.15, 0.2) is 0 Å². The quantitative estimate of drug-likeness (QED) is 0.321. The number of rotatable bonds is 7. The van der Waals surface area contributed by atoms with Crippen molar-refractivity contribution >= 4 is 56.1 Å². The van der Waals surface area contributed by atoms with E-state index in [0.29, 0.717) is 55.6 Å². The number of nitrogens with one attached hydrogen (secondary N) is 1. The van der Waals surface area contributed by atoms with Crippen LogP contribution in [-0.2, 0) is 26.2 Å². The van der Waals surface area contributed by atoms with Crippen molar-refractivity contribution in [3.05, 3.63) is 63.8 Å². The minimum Gasteiger partial charge on any atom is -0.487 e. The summed E-state index contributed by atoms with van der Waals surface area (Å²) in [5, 5.41) is 4.12. The van der Waals surface area contributed by atoms with Crippen molar-refractivity contribution in [2.45, 2.75) is 82.6 Å². The first-order valence-electron chi connectivity index (χ1n) is 15.0. The number of fused-ring (bicyclic) bond motifs is 1. The normalized spacial score (nSPS) is 18.3. The number of hydrogen-bond donors (Lipinski definition) is 1. The number of halogens is 2. The largest absolute Gasteiger partial charge is 0.487 e. The molecule has 0 unspecified atom stereocenters. The predicted octanol–water partition coefficient (Wildman–Crippen LogP) is 6.10. The van der Waals surface area contributed by atoms with Gasteiger partial charge in [-0.25, -0.2) is 18.2 Å². The molecule has 2 saturated heterocycles. The molecular formula is C32H38Cl2N4O6S. The summed E-state index contributed by atoms with van der Waals surface area (Å²) in [4.78, 5) is 31.9. The van der Waals surface area contributed by atoms with E-state index in [4.69, 9.17) is 32.7 Å². The van der Waals surface area contributed by atoms with E-state index < -0.39 is 21.7 Å². The van der Waals surface area contributed by atoms with Gasteiger partial charge in [-0.05, 0) is 77.6 Å². The third-order valence-electron chi connectivity index (χ3n) is 7.93. The molecule has 1 aromatic heterocycles. The van der Waals surface area contributed by atoms with Crippen molar-refractivity contribution in [3.63, 3.8) is 0 Å². The lowest BCUT2D eigenvalue weighted by Crippen LogP contribution is -2.52. The Kier molecular flexibility index (Phi) is 9.84. The molecule has 2 fully saturated rings. The third kappa shape index (κ3) is 7.48. The highest BCUT2D eigenvalue weighted by Gasteiger charge is 2.41. The van der Waals surface area contributed by atoms with Gasteiger partial charge in [0.05, 0.1) is 5.02 Å². The topological polar surface area (TPSA) is 118 Å². The Morgan fingerprint density at radius 2 is 1.76 bits per heavy atom. The van der Waals surface area contributed by atoms with Crippen LogP contribution < -0.4 is 10.1 Å². The third-order valence-corrected chi connectivity index (χ3v) is 10.8. The first-order chi connectivity index (χ1) is 21.2. The molecule has 3 heterocycles. The van der Waals surface area contributed by atoms with Crippen LogP contribution in [0.15, 0.2) is 47.4 Å². The maximum absolute atomic E-state index is 14.0. The number of sulfonamides is 1. The number of likely N-dealkylation sites (tertiary alicyclic amines) is 1. The van der Waals surface area contributed by atoms with Crippen molar-refractivity contribution in [1.29, 1.82) is 0 Å². The molecule has 45 heavy (non-hydrogen) atoms. The fourth-order valence-corrected chi connectivity index (χ4v) is 8.16. The van der Waals surface area contributed by atoms with Crippen LogP contribution in [0.25, 0.3) is 10.9 Å². The summed E-state index contributed by atoms with van der Waals surface area (Å²) in [5.74, 6) is 0.156. The van der Waals surface area contributed by atoms with Gasteiger partial charge in [0.1, 0.15) is 34.4 Å². The number of piperidine rings is 1. The molecule has 1 N–H and O–H groups in total. The summed E-state index contributed by atoms with van der Waals surface area (Å²) >= 11 is 13.2. The van der Waals surface area contributed by atoms with Gasteiger partial charge in [-0.15, -0.1) is 0 Å². The van der Waals surface area contributed by atoms with Crippen molar-refractivity contribution in [3.8, 4) is 5.75 Å². The average molecular weight is 678 g/mol.